The van der Waals surface area contributed by atoms with Gasteiger partial charge in [-0.1, -0.05) is 0 Å². The highest BCUT2D eigenvalue weighted by atomic mass is 19.1. The monoisotopic (exact) mass is 263 g/mol. The Kier molecular flexibility index (Phi) is 3.64. The van der Waals surface area contributed by atoms with Crippen LogP contribution in [0.3, 0.4) is 0 Å². The van der Waals surface area contributed by atoms with E-state index >= 15 is 0 Å². The van der Waals surface area contributed by atoms with Crippen molar-refractivity contribution in [1.82, 2.24) is 4.98 Å². The molecule has 2 rings (SSSR count). The van der Waals surface area contributed by atoms with Gasteiger partial charge in [0, 0.05) is 17.1 Å². The van der Waals surface area contributed by atoms with Crippen molar-refractivity contribution in [2.75, 3.05) is 14.2 Å². The predicted octanol–water partition coefficient (Wildman–Crippen LogP) is 2.41. The Morgan fingerprint density at radius 3 is 2.68 bits per heavy atom. The van der Waals surface area contributed by atoms with Crippen molar-refractivity contribution in [3.05, 3.63) is 35.3 Å². The Labute approximate surface area is 110 Å². The lowest BCUT2D eigenvalue weighted by molar-refractivity contribution is -0.139. The number of hydrogen-bond donors (Lipinski definition) is 0. The highest BCUT2D eigenvalue weighted by molar-refractivity contribution is 5.87. The fourth-order valence-electron chi connectivity index (χ4n) is 1.94. The number of halogens is 1. The standard InChI is InChI=1S/C14H14FNO3/c1-8-4-12(18-2)10-5-9(7-13(17)19-3)6-11(15)14(10)16-8/h4-6H,7H2,1-3H3. The van der Waals surface area contributed by atoms with Crippen LogP contribution in [-0.2, 0) is 16.0 Å². The minimum Gasteiger partial charge on any atom is -0.496 e. The first-order valence-corrected chi connectivity index (χ1v) is 5.75. The molecule has 0 aliphatic carbocycles. The van der Waals surface area contributed by atoms with Crippen molar-refractivity contribution >= 4 is 16.9 Å². The number of methoxy groups -OCH3 is 2. The normalized spacial score (nSPS) is 10.5. The second-order valence-corrected chi connectivity index (χ2v) is 4.19. The molecule has 100 valence electrons. The molecule has 0 atom stereocenters. The van der Waals surface area contributed by atoms with Crippen LogP contribution in [0, 0.1) is 12.7 Å². The molecule has 0 amide bonds. The van der Waals surface area contributed by atoms with Crippen molar-refractivity contribution in [2.45, 2.75) is 13.3 Å². The minimum atomic E-state index is -0.474. The summed E-state index contributed by atoms with van der Waals surface area (Å²) in [6.07, 6.45) is 0.0143. The Balaban J connectivity index is 2.61. The summed E-state index contributed by atoms with van der Waals surface area (Å²) in [4.78, 5) is 15.4. The number of benzene rings is 1. The lowest BCUT2D eigenvalue weighted by Crippen LogP contribution is -2.05. The number of ether oxygens (including phenoxy) is 2. The largest absolute Gasteiger partial charge is 0.496 e. The molecular weight excluding hydrogens is 249 g/mol. The number of fused-ring (bicyclic) bond motifs is 1. The Morgan fingerprint density at radius 2 is 2.05 bits per heavy atom. The van der Waals surface area contributed by atoms with Crippen molar-refractivity contribution in [3.8, 4) is 5.75 Å². The van der Waals surface area contributed by atoms with E-state index in [1.165, 1.54) is 20.3 Å². The number of esters is 1. The van der Waals surface area contributed by atoms with Crippen LogP contribution in [-0.4, -0.2) is 25.2 Å². The van der Waals surface area contributed by atoms with Crippen LogP contribution in [0.2, 0.25) is 0 Å². The van der Waals surface area contributed by atoms with Gasteiger partial charge >= 0.3 is 5.97 Å². The average molecular weight is 263 g/mol. The Morgan fingerprint density at radius 1 is 1.32 bits per heavy atom. The van der Waals surface area contributed by atoms with E-state index in [1.54, 1.807) is 19.1 Å². The molecule has 1 aromatic carbocycles. The second-order valence-electron chi connectivity index (χ2n) is 4.19. The average Bonchev–Trinajstić information content (AvgIpc) is 2.38. The topological polar surface area (TPSA) is 48.4 Å². The number of nitrogens with zero attached hydrogens (tertiary/aromatic N) is 1. The van der Waals surface area contributed by atoms with E-state index in [2.05, 4.69) is 9.72 Å². The molecule has 1 heterocycles. The van der Waals surface area contributed by atoms with Crippen LogP contribution in [0.1, 0.15) is 11.3 Å². The van der Waals surface area contributed by atoms with Gasteiger partial charge in [0.2, 0.25) is 0 Å². The number of aromatic nitrogens is 1. The molecule has 0 aliphatic rings. The van der Waals surface area contributed by atoms with Gasteiger partial charge in [0.15, 0.2) is 0 Å². The van der Waals surface area contributed by atoms with E-state index in [0.717, 1.165) is 0 Å². The maximum Gasteiger partial charge on any atom is 0.309 e. The second kappa shape index (κ2) is 5.22. The van der Waals surface area contributed by atoms with Gasteiger partial charge in [-0.25, -0.2) is 9.37 Å². The predicted molar refractivity (Wildman–Crippen MR) is 68.7 cm³/mol. The molecule has 1 aromatic heterocycles. The zero-order valence-electron chi connectivity index (χ0n) is 11.0. The highest BCUT2D eigenvalue weighted by Crippen LogP contribution is 2.28. The van der Waals surface area contributed by atoms with Crippen molar-refractivity contribution < 1.29 is 18.7 Å². The molecule has 4 nitrogen and oxygen atoms in total. The lowest BCUT2D eigenvalue weighted by atomic mass is 10.1. The van der Waals surface area contributed by atoms with Crippen LogP contribution in [0.25, 0.3) is 10.9 Å². The summed E-state index contributed by atoms with van der Waals surface area (Å²) < 4.78 is 23.8. The number of rotatable bonds is 3. The molecule has 2 aromatic rings. The Bertz CT molecular complexity index is 640. The smallest absolute Gasteiger partial charge is 0.309 e. The molecule has 0 unspecified atom stereocenters. The number of aryl methyl sites for hydroxylation is 1. The molecule has 0 radical (unpaired) electrons. The van der Waals surface area contributed by atoms with Crippen LogP contribution in [0.5, 0.6) is 5.75 Å². The van der Waals surface area contributed by atoms with E-state index in [9.17, 15) is 9.18 Å². The minimum absolute atomic E-state index is 0.0143. The fourth-order valence-corrected chi connectivity index (χ4v) is 1.94. The zero-order chi connectivity index (χ0) is 14.0. The van der Waals surface area contributed by atoms with Crippen molar-refractivity contribution in [1.29, 1.82) is 0 Å². The SMILES string of the molecule is COC(=O)Cc1cc(F)c2nc(C)cc(OC)c2c1. The zero-order valence-corrected chi connectivity index (χ0v) is 11.0. The first-order chi connectivity index (χ1) is 9.05. The third-order valence-electron chi connectivity index (χ3n) is 2.81. The number of carbonyl (C=O) groups is 1. The lowest BCUT2D eigenvalue weighted by Gasteiger charge is -2.09. The number of hydrogen-bond acceptors (Lipinski definition) is 4. The van der Waals surface area contributed by atoms with Gasteiger partial charge in [-0.2, -0.15) is 0 Å². The molecule has 0 N–H and O–H groups in total. The fraction of sp³-hybridized carbons (Fsp3) is 0.286. The van der Waals surface area contributed by atoms with E-state index in [0.29, 0.717) is 22.4 Å². The maximum absolute atomic E-state index is 14.0. The first-order valence-electron chi connectivity index (χ1n) is 5.75. The Hall–Kier alpha value is -2.17. The van der Waals surface area contributed by atoms with Gasteiger partial charge in [-0.05, 0) is 24.6 Å². The van der Waals surface area contributed by atoms with Crippen LogP contribution >= 0.6 is 0 Å². The van der Waals surface area contributed by atoms with Crippen molar-refractivity contribution in [3.63, 3.8) is 0 Å². The summed E-state index contributed by atoms with van der Waals surface area (Å²) in [7, 11) is 2.81. The van der Waals surface area contributed by atoms with E-state index in [4.69, 9.17) is 4.74 Å². The molecule has 0 bridgehead atoms. The third kappa shape index (κ3) is 2.65. The summed E-state index contributed by atoms with van der Waals surface area (Å²) in [5.74, 6) is -0.357. The van der Waals surface area contributed by atoms with Gasteiger partial charge in [-0.15, -0.1) is 0 Å². The van der Waals surface area contributed by atoms with Crippen molar-refractivity contribution in [2.24, 2.45) is 0 Å². The number of pyridine rings is 1. The van der Waals surface area contributed by atoms with Gasteiger partial charge in [0.05, 0.1) is 20.6 Å². The molecule has 0 spiro atoms. The molecule has 0 aliphatic heterocycles. The van der Waals surface area contributed by atoms with Gasteiger partial charge < -0.3 is 9.47 Å². The summed E-state index contributed by atoms with van der Waals surface area (Å²) >= 11 is 0. The summed E-state index contributed by atoms with van der Waals surface area (Å²) in [6, 6.07) is 4.72. The number of carbonyl (C=O) groups excluding carboxylic acids is 1. The van der Waals surface area contributed by atoms with Crippen LogP contribution in [0.15, 0.2) is 18.2 Å². The first kappa shape index (κ1) is 13.3. The van der Waals surface area contributed by atoms with E-state index in [-0.39, 0.29) is 11.9 Å². The van der Waals surface area contributed by atoms with Gasteiger partial charge in [0.25, 0.3) is 0 Å². The molecule has 5 heteroatoms. The quantitative estimate of drug-likeness (QED) is 0.798. The van der Waals surface area contributed by atoms with E-state index < -0.39 is 11.8 Å². The molecule has 0 saturated carbocycles. The molecule has 0 fully saturated rings. The van der Waals surface area contributed by atoms with Gasteiger partial charge in [-0.3, -0.25) is 4.79 Å². The van der Waals surface area contributed by atoms with Gasteiger partial charge in [0.1, 0.15) is 17.1 Å². The molecular formula is C14H14FNO3. The maximum atomic E-state index is 14.0. The summed E-state index contributed by atoms with van der Waals surface area (Å²) in [6.45, 7) is 1.77. The van der Waals surface area contributed by atoms with Crippen LogP contribution < -0.4 is 4.74 Å². The molecule has 19 heavy (non-hydrogen) atoms. The highest BCUT2D eigenvalue weighted by Gasteiger charge is 2.12. The summed E-state index contributed by atoms with van der Waals surface area (Å²) in [5.41, 5.74) is 1.44. The summed E-state index contributed by atoms with van der Waals surface area (Å²) in [5, 5.41) is 0.548. The molecule has 0 saturated heterocycles. The van der Waals surface area contributed by atoms with Crippen LogP contribution in [0.4, 0.5) is 4.39 Å². The third-order valence-corrected chi connectivity index (χ3v) is 2.81. The van der Waals surface area contributed by atoms with E-state index in [1.807, 2.05) is 0 Å².